The first-order valence-electron chi connectivity index (χ1n) is 12.8. The summed E-state index contributed by atoms with van der Waals surface area (Å²) in [7, 11) is 0. The monoisotopic (exact) mass is 501 g/mol. The van der Waals surface area contributed by atoms with Gasteiger partial charge in [-0.25, -0.2) is 0 Å². The number of carboxylic acids is 1. The van der Waals surface area contributed by atoms with Gasteiger partial charge in [-0.05, 0) is 93.0 Å². The maximum absolute atomic E-state index is 13.8. The van der Waals surface area contributed by atoms with Crippen LogP contribution in [0.4, 0.5) is 0 Å². The molecule has 2 N–H and O–H groups in total. The number of benzene rings is 3. The number of rotatable bonds is 9. The Balaban J connectivity index is 1.63. The number of carbonyl (C=O) groups is 2. The Morgan fingerprint density at radius 1 is 0.973 bits per heavy atom. The van der Waals surface area contributed by atoms with Crippen LogP contribution in [0.1, 0.15) is 64.7 Å². The minimum atomic E-state index is -0.984. The Morgan fingerprint density at radius 3 is 2.30 bits per heavy atom. The molecule has 1 aliphatic heterocycles. The summed E-state index contributed by atoms with van der Waals surface area (Å²) in [4.78, 5) is 25.6. The zero-order valence-corrected chi connectivity index (χ0v) is 21.8. The van der Waals surface area contributed by atoms with Crippen LogP contribution in [0, 0.1) is 13.8 Å². The molecule has 1 amide bonds. The fourth-order valence-corrected chi connectivity index (χ4v) is 4.97. The van der Waals surface area contributed by atoms with Crippen molar-refractivity contribution in [2.45, 2.75) is 57.9 Å². The van der Waals surface area contributed by atoms with E-state index in [4.69, 9.17) is 9.47 Å². The second-order valence-electron chi connectivity index (χ2n) is 10.1. The van der Waals surface area contributed by atoms with Crippen LogP contribution in [0.3, 0.4) is 0 Å². The van der Waals surface area contributed by atoms with Gasteiger partial charge in [-0.15, -0.1) is 0 Å². The lowest BCUT2D eigenvalue weighted by atomic mass is 9.83. The Hall–Kier alpha value is -3.64. The van der Waals surface area contributed by atoms with Crippen LogP contribution in [0.2, 0.25) is 0 Å². The first-order valence-corrected chi connectivity index (χ1v) is 12.8. The van der Waals surface area contributed by atoms with E-state index < -0.39 is 17.4 Å². The standard InChI is InChI=1S/C31H35NO5/c1-21-17-22(2)19-26(18-21)37-25-9-10-27(23(3)30(34)35)28(20-25)29(33)32-31(13-15-36-16-14-31)12-11-24-7-5-4-6-8-24/h4-10,17-20,23H,11-16H2,1-3H3,(H,32,33)(H,34,35). The van der Waals surface area contributed by atoms with Gasteiger partial charge in [0, 0.05) is 24.3 Å². The van der Waals surface area contributed by atoms with Gasteiger partial charge < -0.3 is 19.9 Å². The lowest BCUT2D eigenvalue weighted by Gasteiger charge is -2.38. The molecule has 0 aromatic heterocycles. The van der Waals surface area contributed by atoms with Gasteiger partial charge in [0.1, 0.15) is 11.5 Å². The molecule has 0 bridgehead atoms. The van der Waals surface area contributed by atoms with Gasteiger partial charge in [-0.2, -0.15) is 0 Å². The summed E-state index contributed by atoms with van der Waals surface area (Å²) >= 11 is 0. The van der Waals surface area contributed by atoms with Crippen molar-refractivity contribution >= 4 is 11.9 Å². The summed E-state index contributed by atoms with van der Waals surface area (Å²) in [5.41, 5.74) is 3.71. The van der Waals surface area contributed by atoms with E-state index in [1.807, 2.05) is 44.2 Å². The zero-order chi connectivity index (χ0) is 26.4. The number of hydrogen-bond donors (Lipinski definition) is 2. The van der Waals surface area contributed by atoms with Crippen LogP contribution in [0.5, 0.6) is 11.5 Å². The molecule has 3 aromatic carbocycles. The van der Waals surface area contributed by atoms with Crippen molar-refractivity contribution in [3.63, 3.8) is 0 Å². The molecule has 37 heavy (non-hydrogen) atoms. The Morgan fingerprint density at radius 2 is 1.65 bits per heavy atom. The number of carbonyl (C=O) groups excluding carboxylic acids is 1. The van der Waals surface area contributed by atoms with Gasteiger partial charge in [-0.1, -0.05) is 42.5 Å². The predicted molar refractivity (Wildman–Crippen MR) is 143 cm³/mol. The highest BCUT2D eigenvalue weighted by Gasteiger charge is 2.35. The molecule has 1 atom stereocenters. The van der Waals surface area contributed by atoms with Crippen LogP contribution in [0.15, 0.2) is 66.7 Å². The van der Waals surface area contributed by atoms with Gasteiger partial charge in [0.05, 0.1) is 5.92 Å². The Kier molecular flexibility index (Phi) is 8.29. The second kappa shape index (κ2) is 11.6. The number of aliphatic carboxylic acids is 1. The van der Waals surface area contributed by atoms with E-state index in [0.29, 0.717) is 48.7 Å². The topological polar surface area (TPSA) is 84.9 Å². The molecular formula is C31H35NO5. The number of ether oxygens (including phenoxy) is 2. The first-order chi connectivity index (χ1) is 17.7. The fraction of sp³-hybridized carbons (Fsp3) is 0.355. The van der Waals surface area contributed by atoms with Crippen molar-refractivity contribution < 1.29 is 24.2 Å². The highest BCUT2D eigenvalue weighted by atomic mass is 16.5. The molecule has 0 radical (unpaired) electrons. The largest absolute Gasteiger partial charge is 0.481 e. The number of nitrogens with one attached hydrogen (secondary N) is 1. The van der Waals surface area contributed by atoms with E-state index in [-0.39, 0.29) is 5.91 Å². The van der Waals surface area contributed by atoms with E-state index in [1.54, 1.807) is 25.1 Å². The molecule has 1 heterocycles. The third-order valence-corrected chi connectivity index (χ3v) is 7.10. The summed E-state index contributed by atoms with van der Waals surface area (Å²) in [6, 6.07) is 21.2. The minimum Gasteiger partial charge on any atom is -0.481 e. The van der Waals surface area contributed by atoms with E-state index in [1.165, 1.54) is 5.56 Å². The van der Waals surface area contributed by atoms with E-state index in [2.05, 4.69) is 23.5 Å². The van der Waals surface area contributed by atoms with E-state index >= 15 is 0 Å². The fourth-order valence-electron chi connectivity index (χ4n) is 4.97. The maximum atomic E-state index is 13.8. The average molecular weight is 502 g/mol. The van der Waals surface area contributed by atoms with Crippen molar-refractivity contribution in [3.8, 4) is 11.5 Å². The third kappa shape index (κ3) is 6.77. The van der Waals surface area contributed by atoms with Crippen LogP contribution in [-0.4, -0.2) is 35.7 Å². The Labute approximate surface area is 218 Å². The highest BCUT2D eigenvalue weighted by Crippen LogP contribution is 2.31. The summed E-state index contributed by atoms with van der Waals surface area (Å²) in [6.07, 6.45) is 3.01. The molecule has 194 valence electrons. The second-order valence-corrected chi connectivity index (χ2v) is 10.1. The molecule has 4 rings (SSSR count). The molecule has 0 spiro atoms. The maximum Gasteiger partial charge on any atom is 0.310 e. The molecule has 0 saturated carbocycles. The van der Waals surface area contributed by atoms with Crippen LogP contribution in [0.25, 0.3) is 0 Å². The summed E-state index contributed by atoms with van der Waals surface area (Å²) < 4.78 is 11.7. The summed E-state index contributed by atoms with van der Waals surface area (Å²) in [6.45, 7) is 6.74. The molecule has 0 aliphatic carbocycles. The van der Waals surface area contributed by atoms with Crippen molar-refractivity contribution in [2.75, 3.05) is 13.2 Å². The Bertz CT molecular complexity index is 1230. The van der Waals surface area contributed by atoms with Crippen LogP contribution < -0.4 is 10.1 Å². The number of aryl methyl sites for hydroxylation is 3. The normalized spacial score (nSPS) is 15.5. The molecule has 1 fully saturated rings. The molecular weight excluding hydrogens is 466 g/mol. The molecule has 3 aromatic rings. The van der Waals surface area contributed by atoms with Gasteiger partial charge in [-0.3, -0.25) is 9.59 Å². The van der Waals surface area contributed by atoms with Crippen molar-refractivity contribution in [1.82, 2.24) is 5.32 Å². The van der Waals surface area contributed by atoms with Gasteiger partial charge in [0.2, 0.25) is 0 Å². The minimum absolute atomic E-state index is 0.288. The van der Waals surface area contributed by atoms with Crippen LogP contribution >= 0.6 is 0 Å². The zero-order valence-electron chi connectivity index (χ0n) is 21.8. The van der Waals surface area contributed by atoms with E-state index in [9.17, 15) is 14.7 Å². The quantitative estimate of drug-likeness (QED) is 0.365. The third-order valence-electron chi connectivity index (χ3n) is 7.10. The van der Waals surface area contributed by atoms with Crippen LogP contribution in [-0.2, 0) is 16.0 Å². The number of hydrogen-bond acceptors (Lipinski definition) is 4. The SMILES string of the molecule is Cc1cc(C)cc(Oc2ccc(C(C)C(=O)O)c(C(=O)NC3(CCc4ccccc4)CCOCC3)c2)c1. The average Bonchev–Trinajstić information content (AvgIpc) is 2.87. The summed E-state index contributed by atoms with van der Waals surface area (Å²) in [5.74, 6) is -0.953. The lowest BCUT2D eigenvalue weighted by molar-refractivity contribution is -0.138. The number of amides is 1. The smallest absolute Gasteiger partial charge is 0.310 e. The predicted octanol–water partition coefficient (Wildman–Crippen LogP) is 6.20. The molecule has 6 nitrogen and oxygen atoms in total. The van der Waals surface area contributed by atoms with Crippen molar-refractivity contribution in [2.24, 2.45) is 0 Å². The van der Waals surface area contributed by atoms with Gasteiger partial charge in [0.25, 0.3) is 5.91 Å². The lowest BCUT2D eigenvalue weighted by Crippen LogP contribution is -2.52. The molecule has 1 saturated heterocycles. The summed E-state index contributed by atoms with van der Waals surface area (Å²) in [5, 5.41) is 13.0. The van der Waals surface area contributed by atoms with Gasteiger partial charge >= 0.3 is 5.97 Å². The molecule has 1 unspecified atom stereocenters. The van der Waals surface area contributed by atoms with Crippen molar-refractivity contribution in [3.05, 3.63) is 94.5 Å². The highest BCUT2D eigenvalue weighted by molar-refractivity contribution is 5.98. The molecule has 1 aliphatic rings. The number of carboxylic acid groups (broad SMARTS) is 1. The van der Waals surface area contributed by atoms with Crippen molar-refractivity contribution in [1.29, 1.82) is 0 Å². The molecule has 6 heteroatoms. The van der Waals surface area contributed by atoms with Gasteiger partial charge in [0.15, 0.2) is 0 Å². The first kappa shape index (κ1) is 26.4. The van der Waals surface area contributed by atoms with E-state index in [0.717, 1.165) is 24.0 Å².